The molecule has 0 bridgehead atoms. The molecule has 4 aromatic heterocycles. The molecule has 6 rings (SSSR count). The lowest BCUT2D eigenvalue weighted by molar-refractivity contribution is -0.156. The number of piperidine rings is 1. The van der Waals surface area contributed by atoms with Crippen LogP contribution in [0.25, 0.3) is 27.8 Å². The van der Waals surface area contributed by atoms with Crippen molar-refractivity contribution in [2.45, 2.75) is 72.1 Å². The summed E-state index contributed by atoms with van der Waals surface area (Å²) in [5, 5.41) is 22.2. The number of fused-ring (bicyclic) bond motifs is 2. The Kier molecular flexibility index (Phi) is 7.94. The Balaban J connectivity index is 1.24. The van der Waals surface area contributed by atoms with Crippen LogP contribution in [0.5, 0.6) is 0 Å². The Morgan fingerprint density at radius 3 is 2.72 bits per heavy atom. The molecule has 1 aromatic carbocycles. The second-order valence-corrected chi connectivity index (χ2v) is 13.3. The molecule has 0 amide bonds. The molecule has 226 valence electrons. The van der Waals surface area contributed by atoms with E-state index in [0.29, 0.717) is 24.0 Å². The molecule has 13 heteroatoms. The summed E-state index contributed by atoms with van der Waals surface area (Å²) in [5.74, 6) is 1.49. The first-order valence-electron chi connectivity index (χ1n) is 14.7. The maximum Gasteiger partial charge on any atom is 0.306 e. The van der Waals surface area contributed by atoms with Gasteiger partial charge in [-0.1, -0.05) is 0 Å². The molecule has 43 heavy (non-hydrogen) atoms. The topological polar surface area (TPSA) is 131 Å². The number of hydrogen-bond acceptors (Lipinski definition) is 9. The molecule has 1 aliphatic rings. The van der Waals surface area contributed by atoms with E-state index in [1.54, 1.807) is 11.1 Å². The van der Waals surface area contributed by atoms with Crippen molar-refractivity contribution in [1.82, 2.24) is 44.7 Å². The number of carbonyl (C=O) groups excluding carboxylic acids is 1. The van der Waals surface area contributed by atoms with Crippen molar-refractivity contribution in [2.75, 3.05) is 18.4 Å². The fraction of sp³-hybridized carbons (Fsp3) is 0.467. The van der Waals surface area contributed by atoms with E-state index in [1.165, 1.54) is 0 Å². The molecule has 2 N–H and O–H groups in total. The molecule has 5 aromatic rings. The third-order valence-corrected chi connectivity index (χ3v) is 8.19. The lowest BCUT2D eigenvalue weighted by Crippen LogP contribution is -2.34. The van der Waals surface area contributed by atoms with Gasteiger partial charge in [-0.25, -0.2) is 9.50 Å². The summed E-state index contributed by atoms with van der Waals surface area (Å²) in [5.41, 5.74) is 4.23. The summed E-state index contributed by atoms with van der Waals surface area (Å²) in [4.78, 5) is 24.4. The lowest BCUT2D eigenvalue weighted by atomic mass is 9.93. The first-order valence-corrected chi connectivity index (χ1v) is 15.5. The van der Waals surface area contributed by atoms with Crippen molar-refractivity contribution >= 4 is 49.8 Å². The molecular formula is C30H37BrN10O2. The molecule has 0 radical (unpaired) electrons. The number of hydrogen-bond donors (Lipinski definition) is 2. The number of nitrogens with one attached hydrogen (secondary N) is 2. The van der Waals surface area contributed by atoms with Crippen molar-refractivity contribution in [1.29, 1.82) is 0 Å². The first-order chi connectivity index (χ1) is 20.5. The van der Waals surface area contributed by atoms with Gasteiger partial charge in [0.05, 0.1) is 17.2 Å². The van der Waals surface area contributed by atoms with E-state index >= 15 is 0 Å². The third kappa shape index (κ3) is 6.42. The molecule has 1 saturated heterocycles. The second kappa shape index (κ2) is 11.7. The van der Waals surface area contributed by atoms with Gasteiger partial charge in [-0.2, -0.15) is 9.90 Å². The lowest BCUT2D eigenvalue weighted by Gasteiger charge is -2.32. The van der Waals surface area contributed by atoms with E-state index in [2.05, 4.69) is 68.8 Å². The molecule has 1 fully saturated rings. The number of aromatic nitrogens is 8. The van der Waals surface area contributed by atoms with Gasteiger partial charge in [0.1, 0.15) is 22.0 Å². The minimum absolute atomic E-state index is 0.110. The Hall–Kier alpha value is -3.84. The number of nitrogens with zero attached hydrogens (tertiary/aromatic N) is 8. The second-order valence-electron chi connectivity index (χ2n) is 12.5. The summed E-state index contributed by atoms with van der Waals surface area (Å²) in [6.45, 7) is 12.3. The highest BCUT2D eigenvalue weighted by atomic mass is 79.9. The molecule has 0 unspecified atom stereocenters. The number of anilines is 2. The highest BCUT2D eigenvalue weighted by Gasteiger charge is 2.26. The Morgan fingerprint density at radius 1 is 1.21 bits per heavy atom. The number of carbonyl (C=O) groups is 1. The van der Waals surface area contributed by atoms with Crippen LogP contribution in [-0.2, 0) is 16.1 Å². The van der Waals surface area contributed by atoms with E-state index in [1.807, 2.05) is 57.5 Å². The minimum atomic E-state index is -0.450. The number of esters is 1. The maximum absolute atomic E-state index is 12.4. The zero-order valence-electron chi connectivity index (χ0n) is 25.1. The van der Waals surface area contributed by atoms with Crippen molar-refractivity contribution < 1.29 is 9.53 Å². The number of rotatable bonds is 8. The van der Waals surface area contributed by atoms with Crippen LogP contribution in [0.1, 0.15) is 65.5 Å². The minimum Gasteiger partial charge on any atom is -0.460 e. The summed E-state index contributed by atoms with van der Waals surface area (Å²) >= 11 is 3.70. The number of H-pyrrole nitrogens is 1. The van der Waals surface area contributed by atoms with Gasteiger partial charge in [-0.05, 0) is 117 Å². The van der Waals surface area contributed by atoms with Crippen LogP contribution in [0.2, 0.25) is 0 Å². The van der Waals surface area contributed by atoms with Crippen LogP contribution in [-0.4, -0.2) is 69.3 Å². The smallest absolute Gasteiger partial charge is 0.306 e. The molecule has 0 aliphatic carbocycles. The van der Waals surface area contributed by atoms with Crippen LogP contribution in [0, 0.1) is 5.92 Å². The monoisotopic (exact) mass is 648 g/mol. The van der Waals surface area contributed by atoms with E-state index < -0.39 is 5.60 Å². The highest BCUT2D eigenvalue weighted by Crippen LogP contribution is 2.34. The molecule has 0 atom stereocenters. The summed E-state index contributed by atoms with van der Waals surface area (Å²) < 4.78 is 8.27. The number of likely N-dealkylation sites (tertiary alicyclic amines) is 1. The third-order valence-electron chi connectivity index (χ3n) is 7.63. The molecule has 0 saturated carbocycles. The zero-order valence-corrected chi connectivity index (χ0v) is 26.7. The summed E-state index contributed by atoms with van der Waals surface area (Å²) in [6, 6.07) is 8.33. The van der Waals surface area contributed by atoms with Gasteiger partial charge in [-0.3, -0.25) is 9.69 Å². The molecule has 1 aliphatic heterocycles. The molecule has 12 nitrogen and oxygen atoms in total. The molecular weight excluding hydrogens is 612 g/mol. The van der Waals surface area contributed by atoms with Gasteiger partial charge in [0.2, 0.25) is 5.82 Å². The fourth-order valence-corrected chi connectivity index (χ4v) is 6.13. The normalized spacial score (nSPS) is 15.1. The Labute approximate surface area is 258 Å². The van der Waals surface area contributed by atoms with Gasteiger partial charge in [0.15, 0.2) is 5.82 Å². The number of ether oxygens (including phenoxy) is 1. The quantitative estimate of drug-likeness (QED) is 0.198. The predicted molar refractivity (Wildman–Crippen MR) is 168 cm³/mol. The fourth-order valence-electron chi connectivity index (χ4n) is 5.58. The van der Waals surface area contributed by atoms with Gasteiger partial charge in [0.25, 0.3) is 0 Å². The Bertz CT molecular complexity index is 1760. The van der Waals surface area contributed by atoms with E-state index in [9.17, 15) is 4.79 Å². The van der Waals surface area contributed by atoms with Crippen molar-refractivity contribution in [3.05, 3.63) is 47.0 Å². The van der Waals surface area contributed by atoms with Crippen LogP contribution in [0.15, 0.2) is 41.4 Å². The van der Waals surface area contributed by atoms with E-state index in [-0.39, 0.29) is 12.0 Å². The molecule has 5 heterocycles. The number of halogens is 1. The van der Waals surface area contributed by atoms with E-state index in [0.717, 1.165) is 70.3 Å². The van der Waals surface area contributed by atoms with Crippen LogP contribution in [0.4, 0.5) is 11.5 Å². The summed E-state index contributed by atoms with van der Waals surface area (Å²) in [6.07, 6.45) is 5.86. The van der Waals surface area contributed by atoms with Crippen molar-refractivity contribution in [3.8, 4) is 11.4 Å². The zero-order chi connectivity index (χ0) is 30.3. The number of aromatic amines is 1. The Morgan fingerprint density at radius 2 is 2.00 bits per heavy atom. The summed E-state index contributed by atoms with van der Waals surface area (Å²) in [7, 11) is 0. The van der Waals surface area contributed by atoms with Crippen LogP contribution < -0.4 is 5.32 Å². The maximum atomic E-state index is 12.4. The van der Waals surface area contributed by atoms with Crippen molar-refractivity contribution in [3.63, 3.8) is 0 Å². The standard InChI is InChI=1S/C30H37BrN10O2/c1-18(2)41-37-28(36-38-41)21-13-20-6-9-32-26(20)23(14-21)35-29-27-22(15-24(31)40(27)34-17-33-29)16-39-10-7-19(8-11-39)12-25(42)43-30(3,4)5/h6,9,13-15,17-19,32H,7-8,10-12,16H2,1-5H3,(H,33,34,35). The van der Waals surface area contributed by atoms with Crippen molar-refractivity contribution in [2.24, 2.45) is 5.92 Å². The molecule has 0 spiro atoms. The highest BCUT2D eigenvalue weighted by molar-refractivity contribution is 9.10. The van der Waals surface area contributed by atoms with Gasteiger partial charge in [-0.15, -0.1) is 10.2 Å². The number of tetrazole rings is 1. The van der Waals surface area contributed by atoms with Gasteiger partial charge in [0, 0.05) is 30.1 Å². The SMILES string of the molecule is CC(C)n1nnc(-c2cc(Nc3ncnn4c(Br)cc(CN5CCC(CC(=O)OC(C)(C)C)CC5)c34)c3[nH]ccc3c2)n1. The first kappa shape index (κ1) is 29.2. The van der Waals surface area contributed by atoms with Crippen LogP contribution >= 0.6 is 15.9 Å². The average Bonchev–Trinajstić information content (AvgIpc) is 3.69. The van der Waals surface area contributed by atoms with E-state index in [4.69, 9.17) is 4.74 Å². The predicted octanol–water partition coefficient (Wildman–Crippen LogP) is 5.89. The van der Waals surface area contributed by atoms with Gasteiger partial charge >= 0.3 is 5.97 Å². The van der Waals surface area contributed by atoms with Crippen LogP contribution in [0.3, 0.4) is 0 Å². The average molecular weight is 650 g/mol. The largest absolute Gasteiger partial charge is 0.460 e. The number of benzene rings is 1. The van der Waals surface area contributed by atoms with Gasteiger partial charge < -0.3 is 15.0 Å².